The van der Waals surface area contributed by atoms with Crippen molar-refractivity contribution in [3.63, 3.8) is 0 Å². The fourth-order valence-corrected chi connectivity index (χ4v) is 13.1. The van der Waals surface area contributed by atoms with Crippen LogP contribution in [0, 0.1) is 6.92 Å². The minimum Gasteiger partial charge on any atom is -0.311 e. The highest BCUT2D eigenvalue weighted by atomic mass is 15.2. The van der Waals surface area contributed by atoms with Gasteiger partial charge in [-0.05, 0) is 169 Å². The predicted octanol–water partition coefficient (Wildman–Crippen LogP) is 14.8. The molecule has 65 heavy (non-hydrogen) atoms. The third-order valence-electron chi connectivity index (χ3n) is 15.6. The van der Waals surface area contributed by atoms with Crippen LogP contribution in [0.1, 0.15) is 122 Å². The first-order chi connectivity index (χ1) is 30.7. The van der Waals surface area contributed by atoms with Crippen LogP contribution in [0.2, 0.25) is 0 Å². The van der Waals surface area contributed by atoms with Gasteiger partial charge in [0.1, 0.15) is 0 Å². The molecule has 4 aliphatic rings. The Morgan fingerprint density at radius 3 is 1.55 bits per heavy atom. The van der Waals surface area contributed by atoms with Crippen LogP contribution in [0.4, 0.5) is 51.2 Å². The summed E-state index contributed by atoms with van der Waals surface area (Å²) in [5.74, 6) is 0. The molecule has 0 aromatic heterocycles. The van der Waals surface area contributed by atoms with Crippen molar-refractivity contribution in [3.05, 3.63) is 179 Å². The van der Waals surface area contributed by atoms with E-state index in [0.29, 0.717) is 0 Å². The minimum atomic E-state index is -0.0188. The summed E-state index contributed by atoms with van der Waals surface area (Å²) in [4.78, 5) is 7.73. The summed E-state index contributed by atoms with van der Waals surface area (Å²) in [5.41, 5.74) is 23.6. The van der Waals surface area contributed by atoms with E-state index in [4.69, 9.17) is 0 Å². The van der Waals surface area contributed by atoms with Crippen molar-refractivity contribution in [2.24, 2.45) is 0 Å². The summed E-state index contributed by atoms with van der Waals surface area (Å²) in [6.07, 6.45) is 2.24. The molecule has 0 radical (unpaired) electrons. The van der Waals surface area contributed by atoms with Crippen molar-refractivity contribution in [1.29, 1.82) is 0 Å². The summed E-state index contributed by atoms with van der Waals surface area (Å²) >= 11 is 0. The van der Waals surface area contributed by atoms with Gasteiger partial charge in [0.05, 0.1) is 5.69 Å². The van der Waals surface area contributed by atoms with E-state index in [1.165, 1.54) is 83.9 Å². The molecular formula is C61H64BN3. The second-order valence-electron chi connectivity index (χ2n) is 23.4. The van der Waals surface area contributed by atoms with Crippen molar-refractivity contribution >= 4 is 74.3 Å². The normalized spacial score (nSPS) is 17.8. The molecule has 4 heteroatoms. The Kier molecular flexibility index (Phi) is 8.98. The van der Waals surface area contributed by atoms with Gasteiger partial charge in [0.25, 0.3) is 6.71 Å². The van der Waals surface area contributed by atoms with Crippen LogP contribution in [-0.2, 0) is 27.1 Å². The average Bonchev–Trinajstić information content (AvgIpc) is 3.56. The molecule has 7 aromatic carbocycles. The third kappa shape index (κ3) is 6.45. The number of anilines is 9. The molecule has 7 aromatic rings. The van der Waals surface area contributed by atoms with E-state index in [-0.39, 0.29) is 33.8 Å². The molecule has 2 heterocycles. The molecule has 11 rings (SSSR count). The first kappa shape index (κ1) is 41.7. The molecule has 3 nitrogen and oxygen atoms in total. The minimum absolute atomic E-state index is 0.0188. The van der Waals surface area contributed by atoms with Crippen molar-refractivity contribution in [3.8, 4) is 0 Å². The van der Waals surface area contributed by atoms with Gasteiger partial charge in [-0.25, -0.2) is 0 Å². The maximum absolute atomic E-state index is 2.68. The van der Waals surface area contributed by atoms with Gasteiger partial charge in [0.15, 0.2) is 0 Å². The Bertz CT molecular complexity index is 3020. The molecule has 0 N–H and O–H groups in total. The Morgan fingerprint density at radius 2 is 0.969 bits per heavy atom. The van der Waals surface area contributed by atoms with Crippen LogP contribution < -0.4 is 31.1 Å². The molecule has 0 amide bonds. The fraction of sp³-hybridized carbons (Fsp3) is 0.311. The van der Waals surface area contributed by atoms with Crippen LogP contribution in [0.15, 0.2) is 146 Å². The summed E-state index contributed by atoms with van der Waals surface area (Å²) in [5, 5.41) is 0. The Morgan fingerprint density at radius 1 is 0.446 bits per heavy atom. The first-order valence-corrected chi connectivity index (χ1v) is 24.0. The van der Waals surface area contributed by atoms with Crippen LogP contribution in [-0.4, -0.2) is 6.71 Å². The van der Waals surface area contributed by atoms with Gasteiger partial charge < -0.3 is 14.7 Å². The lowest BCUT2D eigenvalue weighted by molar-refractivity contribution is 0.403. The second kappa shape index (κ2) is 14.0. The fourth-order valence-electron chi connectivity index (χ4n) is 13.1. The Balaban J connectivity index is 1.30. The van der Waals surface area contributed by atoms with Crippen LogP contribution in [0.3, 0.4) is 0 Å². The van der Waals surface area contributed by atoms with Crippen molar-refractivity contribution < 1.29 is 0 Å². The smallest absolute Gasteiger partial charge is 0.252 e. The van der Waals surface area contributed by atoms with E-state index in [1.54, 1.807) is 0 Å². The lowest BCUT2D eigenvalue weighted by atomic mass is 9.33. The van der Waals surface area contributed by atoms with E-state index in [0.717, 1.165) is 29.9 Å². The highest BCUT2D eigenvalue weighted by Crippen LogP contribution is 2.55. The van der Waals surface area contributed by atoms with Crippen molar-refractivity contribution in [2.45, 2.75) is 123 Å². The van der Waals surface area contributed by atoms with E-state index >= 15 is 0 Å². The zero-order valence-electron chi connectivity index (χ0n) is 40.7. The lowest BCUT2D eigenvalue weighted by Crippen LogP contribution is -2.61. The number of hydrogen-bond acceptors (Lipinski definition) is 3. The molecule has 0 unspecified atom stereocenters. The van der Waals surface area contributed by atoms with Crippen LogP contribution in [0.25, 0.3) is 0 Å². The highest BCUT2D eigenvalue weighted by Gasteiger charge is 2.49. The van der Waals surface area contributed by atoms with Crippen molar-refractivity contribution in [2.75, 3.05) is 14.7 Å². The van der Waals surface area contributed by atoms with E-state index in [2.05, 4.69) is 243 Å². The summed E-state index contributed by atoms with van der Waals surface area (Å²) < 4.78 is 0. The van der Waals surface area contributed by atoms with E-state index in [1.807, 2.05) is 0 Å². The monoisotopic (exact) mass is 850 g/mol. The van der Waals surface area contributed by atoms with Gasteiger partial charge in [0, 0.05) is 45.5 Å². The number of para-hydroxylation sites is 2. The van der Waals surface area contributed by atoms with Gasteiger partial charge >= 0.3 is 0 Å². The number of fused-ring (bicyclic) bond motifs is 6. The van der Waals surface area contributed by atoms with Crippen molar-refractivity contribution in [1.82, 2.24) is 0 Å². The molecule has 0 bridgehead atoms. The lowest BCUT2D eigenvalue weighted by Gasteiger charge is -2.46. The molecule has 0 spiro atoms. The molecule has 2 aliphatic carbocycles. The molecular weight excluding hydrogens is 786 g/mol. The summed E-state index contributed by atoms with van der Waals surface area (Å²) in [6, 6.07) is 56.1. The highest BCUT2D eigenvalue weighted by molar-refractivity contribution is 7.00. The first-order valence-electron chi connectivity index (χ1n) is 24.0. The molecule has 2 aliphatic heterocycles. The molecule has 0 saturated heterocycles. The summed E-state index contributed by atoms with van der Waals surface area (Å²) in [7, 11) is 0. The zero-order chi connectivity index (χ0) is 45.6. The maximum Gasteiger partial charge on any atom is 0.252 e. The quantitative estimate of drug-likeness (QED) is 0.160. The largest absolute Gasteiger partial charge is 0.311 e. The van der Waals surface area contributed by atoms with Crippen LogP contribution >= 0.6 is 0 Å². The predicted molar refractivity (Wildman–Crippen MR) is 280 cm³/mol. The van der Waals surface area contributed by atoms with Gasteiger partial charge in [-0.1, -0.05) is 149 Å². The standard InChI is InChI=1S/C61H64BN3/c1-39-26-29-50-52(30-39)64(43-25-19-20-40(31-43)57(2,3)4)54-33-45(63(41-21-15-13-16-22-41)42-23-17-14-18-24-42)34-55-56(54)62(50)51-35-48-49(61(11,12)38-60(48,9)10)36-53(51)65(55)44-27-28-46-47(32-44)59(7,8)37-58(46,5)6/h13-36H,37-38H2,1-12H3. The van der Waals surface area contributed by atoms with E-state index in [9.17, 15) is 0 Å². The van der Waals surface area contributed by atoms with Gasteiger partial charge in [0.2, 0.25) is 0 Å². The van der Waals surface area contributed by atoms with E-state index < -0.39 is 0 Å². The molecule has 0 atom stereocenters. The molecule has 326 valence electrons. The SMILES string of the molecule is Cc1ccc2c(c1)N(c1cccc(C(C)(C)C)c1)c1cc(N(c3ccccc3)c3ccccc3)cc3c1B2c1cc2c(cc1N3c1ccc3c(c1)C(C)(C)CC3(C)C)C(C)(C)CC2(C)C. The summed E-state index contributed by atoms with van der Waals surface area (Å²) in [6.45, 7) is 28.9. The number of aryl methyl sites for hydroxylation is 1. The van der Waals surface area contributed by atoms with Gasteiger partial charge in [-0.15, -0.1) is 0 Å². The number of hydrogen-bond donors (Lipinski definition) is 0. The van der Waals surface area contributed by atoms with Crippen LogP contribution in [0.5, 0.6) is 0 Å². The average molecular weight is 850 g/mol. The van der Waals surface area contributed by atoms with Gasteiger partial charge in [-0.2, -0.15) is 0 Å². The Labute approximate surface area is 389 Å². The zero-order valence-corrected chi connectivity index (χ0v) is 40.7. The molecule has 0 fully saturated rings. The second-order valence-corrected chi connectivity index (χ2v) is 23.4. The molecule has 0 saturated carbocycles. The van der Waals surface area contributed by atoms with Gasteiger partial charge in [-0.3, -0.25) is 0 Å². The Hall–Kier alpha value is -6.00. The maximum atomic E-state index is 2.68. The number of rotatable bonds is 5. The number of benzene rings is 7. The topological polar surface area (TPSA) is 9.72 Å². The third-order valence-corrected chi connectivity index (χ3v) is 15.6. The number of nitrogens with zero attached hydrogens (tertiary/aromatic N) is 3.